The molecule has 0 saturated carbocycles. The second-order valence-corrected chi connectivity index (χ2v) is 7.70. The van der Waals surface area contributed by atoms with Crippen LogP contribution in [0.3, 0.4) is 0 Å². The summed E-state index contributed by atoms with van der Waals surface area (Å²) >= 11 is 1.87. The summed E-state index contributed by atoms with van der Waals surface area (Å²) in [6, 6.07) is 1.11. The van der Waals surface area contributed by atoms with Gasteiger partial charge in [-0.15, -0.1) is 11.3 Å². The van der Waals surface area contributed by atoms with Crippen molar-refractivity contribution in [3.8, 4) is 0 Å². The second-order valence-electron chi connectivity index (χ2n) is 6.46. The third-order valence-electron chi connectivity index (χ3n) is 5.31. The Morgan fingerprint density at radius 1 is 1.33 bits per heavy atom. The molecule has 1 saturated heterocycles. The average molecular weight is 310 g/mol. The predicted molar refractivity (Wildman–Crippen MR) is 92.1 cm³/mol. The number of thiazole rings is 1. The summed E-state index contributed by atoms with van der Waals surface area (Å²) in [6.45, 7) is 15.8. The third-order valence-corrected chi connectivity index (χ3v) is 6.55. The topological polar surface area (TPSA) is 28.2 Å². The van der Waals surface area contributed by atoms with Crippen LogP contribution >= 0.6 is 11.3 Å². The smallest absolute Gasteiger partial charge is 0.0900 e. The van der Waals surface area contributed by atoms with Gasteiger partial charge in [-0.25, -0.2) is 4.98 Å². The zero-order chi connectivity index (χ0) is 15.6. The van der Waals surface area contributed by atoms with Crippen LogP contribution in [0.15, 0.2) is 0 Å². The maximum Gasteiger partial charge on any atom is 0.0900 e. The van der Waals surface area contributed by atoms with Crippen LogP contribution in [0.2, 0.25) is 0 Å². The molecule has 1 aromatic heterocycles. The molecule has 0 spiro atoms. The van der Waals surface area contributed by atoms with Gasteiger partial charge in [0.2, 0.25) is 0 Å². The fourth-order valence-corrected chi connectivity index (χ4v) is 4.63. The Morgan fingerprint density at radius 3 is 2.48 bits per heavy atom. The van der Waals surface area contributed by atoms with Gasteiger partial charge in [0.25, 0.3) is 0 Å². The lowest BCUT2D eigenvalue weighted by Crippen LogP contribution is -2.63. The largest absolute Gasteiger partial charge is 0.308 e. The highest BCUT2D eigenvalue weighted by Crippen LogP contribution is 2.35. The Hall–Kier alpha value is -0.450. The fraction of sp³-hybridized carbons (Fsp3) is 0.824. The van der Waals surface area contributed by atoms with E-state index in [1.807, 2.05) is 11.3 Å². The first-order valence-electron chi connectivity index (χ1n) is 8.41. The molecule has 3 nitrogen and oxygen atoms in total. The Kier molecular flexibility index (Phi) is 5.44. The maximum absolute atomic E-state index is 4.63. The van der Waals surface area contributed by atoms with Crippen molar-refractivity contribution in [2.24, 2.45) is 0 Å². The van der Waals surface area contributed by atoms with Crippen LogP contribution in [0.5, 0.6) is 0 Å². The van der Waals surface area contributed by atoms with Crippen LogP contribution in [0, 0.1) is 13.8 Å². The number of piperazine rings is 1. The van der Waals surface area contributed by atoms with E-state index in [0.717, 1.165) is 13.1 Å². The minimum Gasteiger partial charge on any atom is -0.308 e. The molecule has 1 fully saturated rings. The van der Waals surface area contributed by atoms with Gasteiger partial charge in [0.05, 0.1) is 10.7 Å². The molecule has 2 rings (SSSR count). The summed E-state index contributed by atoms with van der Waals surface area (Å²) in [5.41, 5.74) is 1.50. The van der Waals surface area contributed by atoms with E-state index in [1.54, 1.807) is 0 Å². The molecule has 21 heavy (non-hydrogen) atoms. The summed E-state index contributed by atoms with van der Waals surface area (Å²) in [4.78, 5) is 8.81. The van der Waals surface area contributed by atoms with Crippen molar-refractivity contribution in [2.75, 3.05) is 13.1 Å². The minimum absolute atomic E-state index is 0.285. The van der Waals surface area contributed by atoms with Gasteiger partial charge in [-0.2, -0.15) is 0 Å². The summed E-state index contributed by atoms with van der Waals surface area (Å²) < 4.78 is 0. The van der Waals surface area contributed by atoms with E-state index >= 15 is 0 Å². The van der Waals surface area contributed by atoms with E-state index in [2.05, 4.69) is 56.7 Å². The van der Waals surface area contributed by atoms with Crippen molar-refractivity contribution in [2.45, 2.75) is 78.4 Å². The summed E-state index contributed by atoms with van der Waals surface area (Å²) in [6.07, 6.45) is 3.60. The second kappa shape index (κ2) is 6.76. The predicted octanol–water partition coefficient (Wildman–Crippen LogP) is 4.06. The lowest BCUT2D eigenvalue weighted by Gasteiger charge is -2.49. The molecule has 1 aliphatic heterocycles. The normalized spacial score (nSPS) is 24.2. The molecule has 4 heteroatoms. The molecule has 0 bridgehead atoms. The van der Waals surface area contributed by atoms with Crippen molar-refractivity contribution in [3.63, 3.8) is 0 Å². The zero-order valence-electron chi connectivity index (χ0n) is 14.5. The van der Waals surface area contributed by atoms with Gasteiger partial charge in [-0.05, 0) is 40.0 Å². The highest BCUT2D eigenvalue weighted by molar-refractivity contribution is 7.11. The van der Waals surface area contributed by atoms with Crippen LogP contribution in [-0.2, 0) is 0 Å². The first kappa shape index (κ1) is 16.9. The van der Waals surface area contributed by atoms with Crippen LogP contribution in [0.4, 0.5) is 0 Å². The van der Waals surface area contributed by atoms with Gasteiger partial charge in [0, 0.05) is 35.6 Å². The van der Waals surface area contributed by atoms with E-state index in [0.29, 0.717) is 12.1 Å². The Balaban J connectivity index is 2.26. The van der Waals surface area contributed by atoms with E-state index in [9.17, 15) is 0 Å². The number of rotatable bonds is 5. The monoisotopic (exact) mass is 309 g/mol. The number of hydrogen-bond donors (Lipinski definition) is 1. The molecule has 1 aromatic rings. The van der Waals surface area contributed by atoms with Crippen LogP contribution in [-0.4, -0.2) is 34.6 Å². The molecule has 2 unspecified atom stereocenters. The molecule has 2 atom stereocenters. The van der Waals surface area contributed by atoms with E-state index in [-0.39, 0.29) is 5.54 Å². The Morgan fingerprint density at radius 2 is 2.00 bits per heavy atom. The Bertz CT molecular complexity index is 465. The van der Waals surface area contributed by atoms with E-state index in [4.69, 9.17) is 0 Å². The van der Waals surface area contributed by atoms with Gasteiger partial charge >= 0.3 is 0 Å². The van der Waals surface area contributed by atoms with Crippen molar-refractivity contribution in [1.29, 1.82) is 0 Å². The van der Waals surface area contributed by atoms with Gasteiger partial charge in [-0.1, -0.05) is 20.8 Å². The lowest BCUT2D eigenvalue weighted by atomic mass is 9.87. The Labute approximate surface area is 134 Å². The molecule has 0 aliphatic carbocycles. The zero-order valence-corrected chi connectivity index (χ0v) is 15.3. The van der Waals surface area contributed by atoms with Gasteiger partial charge in [0.1, 0.15) is 0 Å². The highest BCUT2D eigenvalue weighted by Gasteiger charge is 2.38. The molecule has 1 N–H and O–H groups in total. The fourth-order valence-electron chi connectivity index (χ4n) is 3.63. The van der Waals surface area contributed by atoms with Crippen molar-refractivity contribution >= 4 is 11.3 Å². The summed E-state index contributed by atoms with van der Waals surface area (Å²) in [5, 5.41) is 5.02. The van der Waals surface area contributed by atoms with Gasteiger partial charge in [0.15, 0.2) is 0 Å². The molecular formula is C17H31N3S. The maximum atomic E-state index is 4.63. The van der Waals surface area contributed by atoms with E-state index in [1.165, 1.54) is 34.8 Å². The molecule has 0 amide bonds. The van der Waals surface area contributed by atoms with Gasteiger partial charge in [-0.3, -0.25) is 4.90 Å². The minimum atomic E-state index is 0.285. The quantitative estimate of drug-likeness (QED) is 0.889. The average Bonchev–Trinajstić information content (AvgIpc) is 2.84. The third kappa shape index (κ3) is 3.33. The standard InChI is InChI=1S/C17H31N3S/c1-7-15-10-18-17(8-2,9-3)11-20(15)13(5)16-12(4)19-14(6)21-16/h13,15,18H,7-11H2,1-6H3. The number of aryl methyl sites for hydroxylation is 2. The summed E-state index contributed by atoms with van der Waals surface area (Å²) in [7, 11) is 0. The number of nitrogens with one attached hydrogen (secondary N) is 1. The van der Waals surface area contributed by atoms with Crippen LogP contribution in [0.25, 0.3) is 0 Å². The molecule has 1 aliphatic rings. The number of nitrogens with zero attached hydrogens (tertiary/aromatic N) is 2. The number of aromatic nitrogens is 1. The van der Waals surface area contributed by atoms with Crippen molar-refractivity contribution in [1.82, 2.24) is 15.2 Å². The SMILES string of the molecule is CCC1CNC(CC)(CC)CN1C(C)c1sc(C)nc1C. The molecule has 120 valence electrons. The molecule has 0 radical (unpaired) electrons. The summed E-state index contributed by atoms with van der Waals surface area (Å²) in [5.74, 6) is 0. The van der Waals surface area contributed by atoms with Gasteiger partial charge < -0.3 is 5.32 Å². The van der Waals surface area contributed by atoms with Crippen molar-refractivity contribution < 1.29 is 0 Å². The number of hydrogen-bond acceptors (Lipinski definition) is 4. The molecular weight excluding hydrogens is 278 g/mol. The first-order chi connectivity index (χ1) is 9.96. The lowest BCUT2D eigenvalue weighted by molar-refractivity contribution is 0.0408. The van der Waals surface area contributed by atoms with Crippen LogP contribution in [0.1, 0.15) is 68.6 Å². The van der Waals surface area contributed by atoms with E-state index < -0.39 is 0 Å². The molecule has 0 aromatic carbocycles. The first-order valence-corrected chi connectivity index (χ1v) is 9.22. The highest BCUT2D eigenvalue weighted by atomic mass is 32.1. The van der Waals surface area contributed by atoms with Crippen LogP contribution < -0.4 is 5.32 Å². The van der Waals surface area contributed by atoms with Crippen molar-refractivity contribution in [3.05, 3.63) is 15.6 Å². The molecule has 2 heterocycles.